The van der Waals surface area contributed by atoms with Gasteiger partial charge in [-0.25, -0.2) is 9.97 Å². The fourth-order valence-corrected chi connectivity index (χ4v) is 8.13. The first-order valence-corrected chi connectivity index (χ1v) is 16.9. The van der Waals surface area contributed by atoms with E-state index in [1.54, 1.807) is 6.92 Å². The zero-order valence-corrected chi connectivity index (χ0v) is 27.3. The molecule has 7 aromatic carbocycles. The molecule has 8 aromatic rings. The van der Waals surface area contributed by atoms with Gasteiger partial charge in [-0.15, -0.1) is 0 Å². The number of hydrogen-bond acceptors (Lipinski definition) is 2. The van der Waals surface area contributed by atoms with Gasteiger partial charge in [-0.1, -0.05) is 175 Å². The van der Waals surface area contributed by atoms with Crippen LogP contribution in [-0.4, -0.2) is 9.97 Å². The molecule has 0 N–H and O–H groups in total. The minimum atomic E-state index is -0.480. The number of aromatic nitrogens is 2. The van der Waals surface area contributed by atoms with Crippen molar-refractivity contribution in [1.82, 2.24) is 9.97 Å². The molecular formula is C48H32N2. The smallest absolute Gasteiger partial charge is 0.161 e. The Morgan fingerprint density at radius 2 is 0.900 bits per heavy atom. The molecule has 0 unspecified atom stereocenters. The highest BCUT2D eigenvalue weighted by atomic mass is 14.9. The lowest BCUT2D eigenvalue weighted by Crippen LogP contribution is -2.25. The molecule has 0 bridgehead atoms. The largest absolute Gasteiger partial charge is 0.228 e. The van der Waals surface area contributed by atoms with Crippen LogP contribution in [0.1, 0.15) is 33.3 Å². The van der Waals surface area contributed by atoms with Crippen molar-refractivity contribution in [2.75, 3.05) is 0 Å². The highest BCUT2D eigenvalue weighted by Crippen LogP contribution is 2.63. The number of fused-ring (bicyclic) bond motifs is 10. The summed E-state index contributed by atoms with van der Waals surface area (Å²) >= 11 is 0. The Balaban J connectivity index is 1.19. The maximum Gasteiger partial charge on any atom is 0.161 e. The molecule has 0 fully saturated rings. The van der Waals surface area contributed by atoms with Gasteiger partial charge >= 0.3 is 0 Å². The minimum Gasteiger partial charge on any atom is -0.228 e. The highest BCUT2D eigenvalue weighted by Gasteiger charge is 2.52. The van der Waals surface area contributed by atoms with Gasteiger partial charge in [0.05, 0.1) is 22.3 Å². The molecule has 1 aromatic heterocycles. The minimum absolute atomic E-state index is 0.0219. The van der Waals surface area contributed by atoms with Gasteiger partial charge in [0.15, 0.2) is 5.82 Å². The Kier molecular flexibility index (Phi) is 5.48. The van der Waals surface area contributed by atoms with Crippen molar-refractivity contribution in [3.63, 3.8) is 0 Å². The van der Waals surface area contributed by atoms with Crippen LogP contribution in [0.15, 0.2) is 176 Å². The Labute approximate surface area is 298 Å². The van der Waals surface area contributed by atoms with Gasteiger partial charge in [0.25, 0.3) is 0 Å². The molecule has 1 spiro atoms. The summed E-state index contributed by atoms with van der Waals surface area (Å²) in [6, 6.07) is 52.5. The number of nitrogens with zero attached hydrogens (tertiary/aromatic N) is 2. The van der Waals surface area contributed by atoms with Gasteiger partial charge in [-0.2, -0.15) is 0 Å². The maximum absolute atomic E-state index is 8.62. The Morgan fingerprint density at radius 3 is 1.54 bits per heavy atom. The van der Waals surface area contributed by atoms with Crippen LogP contribution in [0.4, 0.5) is 0 Å². The lowest BCUT2D eigenvalue weighted by Gasteiger charge is -2.30. The van der Waals surface area contributed by atoms with E-state index in [-0.39, 0.29) is 29.7 Å². The number of benzene rings is 7. The lowest BCUT2D eigenvalue weighted by molar-refractivity contribution is 0.794. The van der Waals surface area contributed by atoms with Crippen molar-refractivity contribution in [2.24, 2.45) is 0 Å². The van der Waals surface area contributed by atoms with Gasteiger partial charge in [0.2, 0.25) is 0 Å². The quantitative estimate of drug-likeness (QED) is 0.191. The first-order valence-electron chi connectivity index (χ1n) is 18.9. The summed E-state index contributed by atoms with van der Waals surface area (Å²) in [4.78, 5) is 10.6. The molecule has 0 aliphatic heterocycles. The third-order valence-electron chi connectivity index (χ3n) is 10.3. The molecule has 2 aliphatic rings. The summed E-state index contributed by atoms with van der Waals surface area (Å²) in [6.07, 6.45) is 0. The van der Waals surface area contributed by atoms with E-state index >= 15 is 0 Å². The molecule has 1 heterocycles. The van der Waals surface area contributed by atoms with E-state index < -0.39 is 5.41 Å². The second kappa shape index (κ2) is 11.1. The molecule has 50 heavy (non-hydrogen) atoms. The van der Waals surface area contributed by atoms with Gasteiger partial charge in [-0.3, -0.25) is 0 Å². The second-order valence-electron chi connectivity index (χ2n) is 13.0. The van der Waals surface area contributed by atoms with E-state index in [2.05, 4.69) is 103 Å². The van der Waals surface area contributed by atoms with Crippen LogP contribution in [-0.2, 0) is 5.41 Å². The van der Waals surface area contributed by atoms with Crippen molar-refractivity contribution < 1.29 is 5.48 Å². The topological polar surface area (TPSA) is 25.8 Å². The van der Waals surface area contributed by atoms with Gasteiger partial charge in [0, 0.05) is 16.7 Å². The third-order valence-corrected chi connectivity index (χ3v) is 10.3. The molecule has 0 atom stereocenters. The summed E-state index contributed by atoms with van der Waals surface area (Å²) in [5.41, 5.74) is 15.0. The van der Waals surface area contributed by atoms with Crippen LogP contribution in [0.5, 0.6) is 0 Å². The van der Waals surface area contributed by atoms with Crippen molar-refractivity contribution in [3.8, 4) is 67.3 Å². The van der Waals surface area contributed by atoms with Crippen molar-refractivity contribution in [2.45, 2.75) is 12.3 Å². The fourth-order valence-electron chi connectivity index (χ4n) is 8.13. The average Bonchev–Trinajstić information content (AvgIpc) is 3.70. The van der Waals surface area contributed by atoms with Crippen LogP contribution in [0, 0.1) is 6.92 Å². The van der Waals surface area contributed by atoms with E-state index in [0.29, 0.717) is 17.0 Å². The van der Waals surface area contributed by atoms with Crippen LogP contribution >= 0.6 is 0 Å². The monoisotopic (exact) mass is 640 g/mol. The van der Waals surface area contributed by atoms with E-state index in [1.807, 2.05) is 48.5 Å². The van der Waals surface area contributed by atoms with Gasteiger partial charge in [0.1, 0.15) is 0 Å². The molecule has 0 amide bonds. The normalized spacial score (nSPS) is 14.2. The Bertz CT molecular complexity index is 2750. The molecule has 0 saturated heterocycles. The standard InChI is InChI=1S/C48H32N2/c1-31-22-24-32(25-23-31)33-26-28-35(29-27-33)45-30-44(34-12-3-2-4-13-34)49-47(50-45)39-17-11-21-43-46(39)38-16-7-10-20-42(38)48(43)40-18-8-5-14-36(40)37-15-6-9-19-41(37)48/h2-30H,1H3/i22D,23D,24D,25D. The number of rotatable bonds is 4. The van der Waals surface area contributed by atoms with Crippen LogP contribution in [0.3, 0.4) is 0 Å². The highest BCUT2D eigenvalue weighted by molar-refractivity contribution is 5.99. The lowest BCUT2D eigenvalue weighted by atomic mass is 9.70. The van der Waals surface area contributed by atoms with Crippen molar-refractivity contribution >= 4 is 0 Å². The molecule has 0 radical (unpaired) electrons. The van der Waals surface area contributed by atoms with E-state index in [1.165, 1.54) is 38.9 Å². The molecule has 234 valence electrons. The van der Waals surface area contributed by atoms with Gasteiger partial charge in [-0.05, 0) is 68.6 Å². The van der Waals surface area contributed by atoms with E-state index in [0.717, 1.165) is 33.6 Å². The van der Waals surface area contributed by atoms with Crippen molar-refractivity contribution in [3.05, 3.63) is 204 Å². The van der Waals surface area contributed by atoms with E-state index in [4.69, 9.17) is 15.5 Å². The average molecular weight is 641 g/mol. The summed E-state index contributed by atoms with van der Waals surface area (Å²) in [7, 11) is 0. The maximum atomic E-state index is 8.62. The predicted molar refractivity (Wildman–Crippen MR) is 205 cm³/mol. The Hall–Kier alpha value is -6.38. The van der Waals surface area contributed by atoms with Crippen LogP contribution in [0.2, 0.25) is 0 Å². The molecule has 2 nitrogen and oxygen atoms in total. The van der Waals surface area contributed by atoms with Crippen molar-refractivity contribution in [1.29, 1.82) is 0 Å². The van der Waals surface area contributed by atoms with Gasteiger partial charge < -0.3 is 0 Å². The molecule has 0 saturated carbocycles. The summed E-state index contributed by atoms with van der Waals surface area (Å²) in [5, 5.41) is 0. The predicted octanol–water partition coefficient (Wildman–Crippen LogP) is 11.8. The molecular weight excluding hydrogens is 605 g/mol. The third kappa shape index (κ3) is 4.15. The SMILES string of the molecule is [2H]c1c([2H])c(-c2ccc(-c3cc(-c4ccccc4)nc(-c4cccc5c4-c4ccccc4C54c5ccccc5-c5ccccc54)n3)cc2)c([2H])c([2H])c1C. The Morgan fingerprint density at radius 1 is 0.420 bits per heavy atom. The summed E-state index contributed by atoms with van der Waals surface area (Å²) in [6.45, 7) is 1.62. The zero-order chi connectivity index (χ0) is 36.7. The second-order valence-corrected chi connectivity index (χ2v) is 13.0. The first kappa shape index (κ1) is 24.7. The van der Waals surface area contributed by atoms with E-state index in [9.17, 15) is 0 Å². The molecule has 2 heteroatoms. The zero-order valence-electron chi connectivity index (χ0n) is 31.3. The first-order chi connectivity index (χ1) is 26.4. The fraction of sp³-hybridized carbons (Fsp3) is 0.0417. The summed E-state index contributed by atoms with van der Waals surface area (Å²) < 4.78 is 34.0. The number of hydrogen-bond donors (Lipinski definition) is 0. The van der Waals surface area contributed by atoms with Crippen LogP contribution < -0.4 is 0 Å². The molecule has 10 rings (SSSR count). The molecule has 2 aliphatic carbocycles. The van der Waals surface area contributed by atoms with Crippen LogP contribution in [0.25, 0.3) is 67.3 Å². The summed E-state index contributed by atoms with van der Waals surface area (Å²) in [5.74, 6) is 0.622.